The lowest BCUT2D eigenvalue weighted by Crippen LogP contribution is -2.09. The van der Waals surface area contributed by atoms with E-state index in [1.54, 1.807) is 4.68 Å². The van der Waals surface area contributed by atoms with E-state index >= 15 is 0 Å². The second-order valence-electron chi connectivity index (χ2n) is 2.49. The number of aliphatic hydroxyl groups is 1. The second-order valence-corrected chi connectivity index (χ2v) is 2.49. The van der Waals surface area contributed by atoms with Crippen LogP contribution < -0.4 is 5.73 Å². The monoisotopic (exact) mass is 170 g/mol. The third-order valence-corrected chi connectivity index (χ3v) is 1.76. The first-order chi connectivity index (χ1) is 5.83. The van der Waals surface area contributed by atoms with Crippen molar-refractivity contribution in [3.05, 3.63) is 11.4 Å². The lowest BCUT2D eigenvalue weighted by atomic mass is 10.2. The van der Waals surface area contributed by atoms with Crippen molar-refractivity contribution in [2.45, 2.75) is 26.4 Å². The van der Waals surface area contributed by atoms with Gasteiger partial charge in [0.25, 0.3) is 0 Å². The number of aromatic nitrogens is 3. The van der Waals surface area contributed by atoms with Gasteiger partial charge >= 0.3 is 0 Å². The molecule has 0 saturated carbocycles. The molecule has 0 aliphatic heterocycles. The van der Waals surface area contributed by atoms with Gasteiger partial charge in [-0.15, -0.1) is 5.10 Å². The van der Waals surface area contributed by atoms with E-state index in [1.807, 2.05) is 6.92 Å². The van der Waals surface area contributed by atoms with Crippen LogP contribution in [-0.2, 0) is 19.5 Å². The summed E-state index contributed by atoms with van der Waals surface area (Å²) in [5.74, 6) is 0. The van der Waals surface area contributed by atoms with E-state index in [-0.39, 0.29) is 6.61 Å². The summed E-state index contributed by atoms with van der Waals surface area (Å²) in [6, 6.07) is 0. The van der Waals surface area contributed by atoms with Gasteiger partial charge in [0.1, 0.15) is 0 Å². The van der Waals surface area contributed by atoms with Crippen molar-refractivity contribution in [1.82, 2.24) is 15.0 Å². The van der Waals surface area contributed by atoms with Crippen LogP contribution in [0.25, 0.3) is 0 Å². The number of hydrogen-bond acceptors (Lipinski definition) is 4. The molecule has 0 aliphatic rings. The fourth-order valence-electron chi connectivity index (χ4n) is 1.19. The van der Waals surface area contributed by atoms with Crippen molar-refractivity contribution in [1.29, 1.82) is 0 Å². The summed E-state index contributed by atoms with van der Waals surface area (Å²) in [6.45, 7) is 3.01. The van der Waals surface area contributed by atoms with Crippen LogP contribution in [0.3, 0.4) is 0 Å². The van der Waals surface area contributed by atoms with Crippen molar-refractivity contribution in [3.63, 3.8) is 0 Å². The highest BCUT2D eigenvalue weighted by Crippen LogP contribution is 2.04. The van der Waals surface area contributed by atoms with E-state index in [1.165, 1.54) is 0 Å². The lowest BCUT2D eigenvalue weighted by molar-refractivity contribution is 0.266. The molecule has 0 radical (unpaired) electrons. The minimum Gasteiger partial charge on any atom is -0.394 e. The Hall–Kier alpha value is -0.940. The molecule has 0 fully saturated rings. The Morgan fingerprint density at radius 1 is 1.58 bits per heavy atom. The van der Waals surface area contributed by atoms with Gasteiger partial charge in [-0.1, -0.05) is 12.1 Å². The Balaban J connectivity index is 2.88. The maximum absolute atomic E-state index is 8.70. The van der Waals surface area contributed by atoms with Crippen LogP contribution in [0.5, 0.6) is 0 Å². The van der Waals surface area contributed by atoms with Gasteiger partial charge in [0.15, 0.2) is 0 Å². The van der Waals surface area contributed by atoms with Crippen molar-refractivity contribution >= 4 is 0 Å². The molecule has 3 N–H and O–H groups in total. The normalized spacial score (nSPS) is 10.6. The molecule has 5 heteroatoms. The van der Waals surface area contributed by atoms with Crippen molar-refractivity contribution in [3.8, 4) is 0 Å². The predicted molar refractivity (Wildman–Crippen MR) is 44.4 cm³/mol. The molecule has 0 amide bonds. The summed E-state index contributed by atoms with van der Waals surface area (Å²) in [5.41, 5.74) is 7.30. The SMILES string of the molecule is CCc1c(CN)nnn1CCO. The zero-order valence-corrected chi connectivity index (χ0v) is 7.19. The van der Waals surface area contributed by atoms with Crippen molar-refractivity contribution < 1.29 is 5.11 Å². The Labute approximate surface area is 71.2 Å². The number of nitrogens with two attached hydrogens (primary N) is 1. The summed E-state index contributed by atoms with van der Waals surface area (Å²) in [7, 11) is 0. The smallest absolute Gasteiger partial charge is 0.0994 e. The molecule has 68 valence electrons. The Morgan fingerprint density at radius 2 is 2.33 bits per heavy atom. The highest BCUT2D eigenvalue weighted by atomic mass is 16.3. The van der Waals surface area contributed by atoms with Gasteiger partial charge in [-0.3, -0.25) is 0 Å². The molecule has 1 aromatic rings. The van der Waals surface area contributed by atoms with Crippen LogP contribution in [0.15, 0.2) is 0 Å². The first-order valence-corrected chi connectivity index (χ1v) is 4.05. The van der Waals surface area contributed by atoms with Crippen LogP contribution in [0.4, 0.5) is 0 Å². The zero-order valence-electron chi connectivity index (χ0n) is 7.19. The highest BCUT2D eigenvalue weighted by Gasteiger charge is 2.07. The summed E-state index contributed by atoms with van der Waals surface area (Å²) in [6.07, 6.45) is 0.847. The van der Waals surface area contributed by atoms with Crippen LogP contribution >= 0.6 is 0 Å². The molecular formula is C7H14N4O. The average Bonchev–Trinajstić information content (AvgIpc) is 2.47. The zero-order chi connectivity index (χ0) is 8.97. The van der Waals surface area contributed by atoms with Gasteiger partial charge in [-0.05, 0) is 6.42 Å². The van der Waals surface area contributed by atoms with Crippen LogP contribution in [-0.4, -0.2) is 26.7 Å². The van der Waals surface area contributed by atoms with E-state index in [0.29, 0.717) is 13.1 Å². The van der Waals surface area contributed by atoms with Crippen molar-refractivity contribution in [2.24, 2.45) is 5.73 Å². The quantitative estimate of drug-likeness (QED) is 0.626. The van der Waals surface area contributed by atoms with E-state index in [0.717, 1.165) is 17.8 Å². The molecule has 0 aliphatic carbocycles. The summed E-state index contributed by atoms with van der Waals surface area (Å²) >= 11 is 0. The van der Waals surface area contributed by atoms with E-state index in [2.05, 4.69) is 10.3 Å². The summed E-state index contributed by atoms with van der Waals surface area (Å²) < 4.78 is 1.70. The first kappa shape index (κ1) is 9.15. The third-order valence-electron chi connectivity index (χ3n) is 1.76. The molecule has 1 heterocycles. The molecule has 12 heavy (non-hydrogen) atoms. The van der Waals surface area contributed by atoms with Gasteiger partial charge in [-0.2, -0.15) is 0 Å². The lowest BCUT2D eigenvalue weighted by Gasteiger charge is -2.01. The van der Waals surface area contributed by atoms with Crippen LogP contribution in [0.2, 0.25) is 0 Å². The average molecular weight is 170 g/mol. The molecule has 5 nitrogen and oxygen atoms in total. The van der Waals surface area contributed by atoms with E-state index in [4.69, 9.17) is 10.8 Å². The Morgan fingerprint density at radius 3 is 2.83 bits per heavy atom. The maximum atomic E-state index is 8.70. The van der Waals surface area contributed by atoms with Crippen molar-refractivity contribution in [2.75, 3.05) is 6.61 Å². The Bertz CT molecular complexity index is 246. The molecule has 0 atom stereocenters. The number of rotatable bonds is 4. The molecule has 0 bridgehead atoms. The van der Waals surface area contributed by atoms with E-state index in [9.17, 15) is 0 Å². The third kappa shape index (κ3) is 1.62. The summed E-state index contributed by atoms with van der Waals surface area (Å²) in [5, 5.41) is 16.5. The largest absolute Gasteiger partial charge is 0.394 e. The topological polar surface area (TPSA) is 77.0 Å². The molecule has 0 unspecified atom stereocenters. The fourth-order valence-corrected chi connectivity index (χ4v) is 1.19. The minimum absolute atomic E-state index is 0.0837. The molecule has 1 aromatic heterocycles. The number of nitrogens with zero attached hydrogens (tertiary/aromatic N) is 3. The molecule has 0 aromatic carbocycles. The van der Waals surface area contributed by atoms with Gasteiger partial charge in [0, 0.05) is 6.54 Å². The van der Waals surface area contributed by atoms with Crippen LogP contribution in [0, 0.1) is 0 Å². The van der Waals surface area contributed by atoms with E-state index < -0.39 is 0 Å². The second kappa shape index (κ2) is 4.18. The Kier molecular flexibility index (Phi) is 3.19. The minimum atomic E-state index is 0.0837. The van der Waals surface area contributed by atoms with Gasteiger partial charge < -0.3 is 10.8 Å². The number of hydrogen-bond donors (Lipinski definition) is 2. The number of aliphatic hydroxyl groups excluding tert-OH is 1. The first-order valence-electron chi connectivity index (χ1n) is 4.05. The molecule has 0 spiro atoms. The molecule has 0 saturated heterocycles. The highest BCUT2D eigenvalue weighted by molar-refractivity contribution is 5.09. The van der Waals surface area contributed by atoms with Gasteiger partial charge in [0.2, 0.25) is 0 Å². The molecule has 1 rings (SSSR count). The van der Waals surface area contributed by atoms with Crippen LogP contribution in [0.1, 0.15) is 18.3 Å². The fraction of sp³-hybridized carbons (Fsp3) is 0.714. The van der Waals surface area contributed by atoms with Gasteiger partial charge in [-0.25, -0.2) is 4.68 Å². The standard InChI is InChI=1S/C7H14N4O/c1-2-7-6(5-8)9-10-11(7)3-4-12/h12H,2-5,8H2,1H3. The predicted octanol–water partition coefficient (Wildman–Crippen LogP) is -0.708. The molecular weight excluding hydrogens is 156 g/mol. The van der Waals surface area contributed by atoms with Gasteiger partial charge in [0.05, 0.1) is 24.5 Å². The summed E-state index contributed by atoms with van der Waals surface area (Å²) in [4.78, 5) is 0. The maximum Gasteiger partial charge on any atom is 0.0994 e.